The van der Waals surface area contributed by atoms with Gasteiger partial charge in [-0.2, -0.15) is 0 Å². The molecule has 36 heavy (non-hydrogen) atoms. The second kappa shape index (κ2) is 11.9. The largest absolute Gasteiger partial charge is 0.348 e. The number of amides is 1. The second-order valence-corrected chi connectivity index (χ2v) is 11.6. The van der Waals surface area contributed by atoms with Gasteiger partial charge < -0.3 is 5.32 Å². The fourth-order valence-electron chi connectivity index (χ4n) is 4.38. The Balaban J connectivity index is 1.35. The van der Waals surface area contributed by atoms with Crippen molar-refractivity contribution in [3.8, 4) is 0 Å². The highest BCUT2D eigenvalue weighted by Gasteiger charge is 2.19. The molecule has 0 radical (unpaired) electrons. The van der Waals surface area contributed by atoms with Crippen molar-refractivity contribution < 1.29 is 13.2 Å². The van der Waals surface area contributed by atoms with E-state index in [1.807, 2.05) is 6.07 Å². The smallest absolute Gasteiger partial charge is 0.251 e. The van der Waals surface area contributed by atoms with E-state index < -0.39 is 10.0 Å². The lowest BCUT2D eigenvalue weighted by atomic mass is 10.1. The van der Waals surface area contributed by atoms with Gasteiger partial charge in [-0.1, -0.05) is 60.5 Å². The topological polar surface area (TPSA) is 69.7 Å². The van der Waals surface area contributed by atoms with E-state index in [0.29, 0.717) is 28.4 Å². The Labute approximate surface area is 218 Å². The summed E-state index contributed by atoms with van der Waals surface area (Å²) in [5.74, 6) is -0.212. The van der Waals surface area contributed by atoms with Crippen LogP contribution in [-0.2, 0) is 29.7 Å². The number of hydrogen-bond donors (Lipinski definition) is 1. The fourth-order valence-corrected chi connectivity index (χ4v) is 5.46. The van der Waals surface area contributed by atoms with Crippen LogP contribution in [0.15, 0.2) is 72.8 Å². The van der Waals surface area contributed by atoms with Crippen molar-refractivity contribution in [3.05, 3.63) is 100 Å². The molecule has 1 heterocycles. The molecular weight excluding hydrogens is 494 g/mol. The minimum Gasteiger partial charge on any atom is -0.348 e. The van der Waals surface area contributed by atoms with Gasteiger partial charge in [-0.15, -0.1) is 0 Å². The Bertz CT molecular complexity index is 1270. The lowest BCUT2D eigenvalue weighted by molar-refractivity contribution is 0.0951. The standard InChI is InChI=1S/C28H32ClN3O3S/c1-36(34,35)32(21-25-7-3-4-8-27(25)29)26-15-13-24(14-16-26)28(33)30-19-22-9-11-23(12-10-22)20-31-17-5-2-6-18-31/h3-4,7-16H,2,5-6,17-21H2,1H3,(H,30,33). The molecule has 0 bridgehead atoms. The lowest BCUT2D eigenvalue weighted by Gasteiger charge is -2.26. The molecule has 3 aromatic rings. The molecule has 1 aliphatic rings. The predicted octanol–water partition coefficient (Wildman–Crippen LogP) is 5.22. The first kappa shape index (κ1) is 26.2. The molecule has 1 saturated heterocycles. The molecule has 0 saturated carbocycles. The molecule has 1 fully saturated rings. The minimum atomic E-state index is -3.55. The monoisotopic (exact) mass is 525 g/mol. The summed E-state index contributed by atoms with van der Waals surface area (Å²) in [5, 5.41) is 3.45. The van der Waals surface area contributed by atoms with Gasteiger partial charge in [0.05, 0.1) is 18.5 Å². The second-order valence-electron chi connectivity index (χ2n) is 9.24. The maximum Gasteiger partial charge on any atom is 0.251 e. The van der Waals surface area contributed by atoms with Gasteiger partial charge in [-0.3, -0.25) is 14.0 Å². The number of sulfonamides is 1. The van der Waals surface area contributed by atoms with Crippen molar-refractivity contribution in [2.75, 3.05) is 23.7 Å². The van der Waals surface area contributed by atoms with Crippen molar-refractivity contribution >= 4 is 33.2 Å². The van der Waals surface area contributed by atoms with Crippen LogP contribution >= 0.6 is 11.6 Å². The number of halogens is 1. The molecule has 8 heteroatoms. The van der Waals surface area contributed by atoms with Crippen LogP contribution in [0.1, 0.15) is 46.3 Å². The number of nitrogens with one attached hydrogen (secondary N) is 1. The van der Waals surface area contributed by atoms with Gasteiger partial charge in [-0.05, 0) is 73.0 Å². The Morgan fingerprint density at radius 3 is 2.19 bits per heavy atom. The molecule has 1 aliphatic heterocycles. The number of nitrogens with zero attached hydrogens (tertiary/aromatic N) is 2. The van der Waals surface area contributed by atoms with E-state index in [1.54, 1.807) is 42.5 Å². The van der Waals surface area contributed by atoms with Gasteiger partial charge in [0.1, 0.15) is 0 Å². The average Bonchev–Trinajstić information content (AvgIpc) is 2.88. The Morgan fingerprint density at radius 2 is 1.56 bits per heavy atom. The maximum absolute atomic E-state index is 12.7. The number of carbonyl (C=O) groups excluding carboxylic acids is 1. The van der Waals surface area contributed by atoms with E-state index in [1.165, 1.54) is 42.2 Å². The van der Waals surface area contributed by atoms with E-state index in [4.69, 9.17) is 11.6 Å². The Morgan fingerprint density at radius 1 is 0.917 bits per heavy atom. The third-order valence-electron chi connectivity index (χ3n) is 6.42. The number of anilines is 1. The van der Waals surface area contributed by atoms with E-state index in [9.17, 15) is 13.2 Å². The molecular formula is C28H32ClN3O3S. The molecule has 0 spiro atoms. The van der Waals surface area contributed by atoms with Crippen molar-refractivity contribution in [1.29, 1.82) is 0 Å². The van der Waals surface area contributed by atoms with Crippen LogP contribution in [0.2, 0.25) is 5.02 Å². The van der Waals surface area contributed by atoms with Gasteiger partial charge in [0.15, 0.2) is 0 Å². The van der Waals surface area contributed by atoms with Crippen molar-refractivity contribution in [1.82, 2.24) is 10.2 Å². The number of piperidine rings is 1. The molecule has 190 valence electrons. The van der Waals surface area contributed by atoms with E-state index in [0.717, 1.165) is 18.4 Å². The molecule has 0 atom stereocenters. The summed E-state index contributed by atoms with van der Waals surface area (Å²) in [6, 6.07) is 22.1. The number of likely N-dealkylation sites (tertiary alicyclic amines) is 1. The van der Waals surface area contributed by atoms with Gasteiger partial charge in [0.25, 0.3) is 5.91 Å². The van der Waals surface area contributed by atoms with Gasteiger partial charge in [0, 0.05) is 23.7 Å². The van der Waals surface area contributed by atoms with Crippen molar-refractivity contribution in [2.45, 2.75) is 38.9 Å². The molecule has 1 N–H and O–H groups in total. The highest BCUT2D eigenvalue weighted by Crippen LogP contribution is 2.24. The lowest BCUT2D eigenvalue weighted by Crippen LogP contribution is -2.29. The van der Waals surface area contributed by atoms with Crippen LogP contribution in [0.4, 0.5) is 5.69 Å². The molecule has 1 amide bonds. The van der Waals surface area contributed by atoms with E-state index in [2.05, 4.69) is 34.5 Å². The summed E-state index contributed by atoms with van der Waals surface area (Å²) in [7, 11) is -3.55. The summed E-state index contributed by atoms with van der Waals surface area (Å²) < 4.78 is 26.2. The zero-order valence-electron chi connectivity index (χ0n) is 20.5. The van der Waals surface area contributed by atoms with Gasteiger partial charge >= 0.3 is 0 Å². The summed E-state index contributed by atoms with van der Waals surface area (Å²) in [6.07, 6.45) is 5.04. The highest BCUT2D eigenvalue weighted by molar-refractivity contribution is 7.92. The van der Waals surface area contributed by atoms with Crippen LogP contribution in [0.5, 0.6) is 0 Å². The fraction of sp³-hybridized carbons (Fsp3) is 0.321. The Kier molecular flexibility index (Phi) is 8.67. The van der Waals surface area contributed by atoms with E-state index in [-0.39, 0.29) is 12.5 Å². The van der Waals surface area contributed by atoms with Crippen molar-refractivity contribution in [3.63, 3.8) is 0 Å². The van der Waals surface area contributed by atoms with Crippen LogP contribution in [0, 0.1) is 0 Å². The first-order valence-corrected chi connectivity index (χ1v) is 14.4. The number of benzene rings is 3. The third kappa shape index (κ3) is 7.09. The molecule has 3 aromatic carbocycles. The summed E-state index contributed by atoms with van der Waals surface area (Å²) >= 11 is 6.23. The third-order valence-corrected chi connectivity index (χ3v) is 7.93. The molecule has 0 aliphatic carbocycles. The quantitative estimate of drug-likeness (QED) is 0.415. The zero-order valence-corrected chi connectivity index (χ0v) is 22.1. The summed E-state index contributed by atoms with van der Waals surface area (Å²) in [4.78, 5) is 15.2. The van der Waals surface area contributed by atoms with E-state index >= 15 is 0 Å². The van der Waals surface area contributed by atoms with Gasteiger partial charge in [-0.25, -0.2) is 8.42 Å². The first-order valence-electron chi connectivity index (χ1n) is 12.2. The number of hydrogen-bond acceptors (Lipinski definition) is 4. The van der Waals surface area contributed by atoms with Crippen LogP contribution < -0.4 is 9.62 Å². The molecule has 0 aromatic heterocycles. The first-order chi connectivity index (χ1) is 17.3. The normalized spacial score (nSPS) is 14.4. The minimum absolute atomic E-state index is 0.109. The SMILES string of the molecule is CS(=O)(=O)N(Cc1ccccc1Cl)c1ccc(C(=O)NCc2ccc(CN3CCCCC3)cc2)cc1. The Hall–Kier alpha value is -2.87. The summed E-state index contributed by atoms with van der Waals surface area (Å²) in [5.41, 5.74) is 3.96. The highest BCUT2D eigenvalue weighted by atomic mass is 35.5. The summed E-state index contributed by atoms with van der Waals surface area (Å²) in [6.45, 7) is 3.83. The molecule has 0 unspecified atom stereocenters. The molecule has 4 rings (SSSR count). The average molecular weight is 526 g/mol. The maximum atomic E-state index is 12.7. The van der Waals surface area contributed by atoms with Gasteiger partial charge in [0.2, 0.25) is 10.0 Å². The van der Waals surface area contributed by atoms with Crippen LogP contribution in [0.3, 0.4) is 0 Å². The number of rotatable bonds is 9. The number of carbonyl (C=O) groups is 1. The molecule has 6 nitrogen and oxygen atoms in total. The van der Waals surface area contributed by atoms with Crippen LogP contribution in [0.25, 0.3) is 0 Å². The zero-order chi connectivity index (χ0) is 25.5. The van der Waals surface area contributed by atoms with Crippen molar-refractivity contribution in [2.24, 2.45) is 0 Å². The van der Waals surface area contributed by atoms with Crippen LogP contribution in [-0.4, -0.2) is 38.6 Å². The predicted molar refractivity (Wildman–Crippen MR) is 146 cm³/mol.